The number of aromatic nitrogens is 1. The second-order valence-corrected chi connectivity index (χ2v) is 9.30. The highest BCUT2D eigenvalue weighted by Gasteiger charge is 2.34. The first-order valence-corrected chi connectivity index (χ1v) is 12.0. The van der Waals surface area contributed by atoms with E-state index >= 15 is 0 Å². The van der Waals surface area contributed by atoms with E-state index < -0.39 is 18.5 Å². The predicted octanol–water partition coefficient (Wildman–Crippen LogP) is 3.99. The summed E-state index contributed by atoms with van der Waals surface area (Å²) < 4.78 is 16.0. The molecule has 3 aromatic rings. The third kappa shape index (κ3) is 5.23. The Morgan fingerprint density at radius 1 is 1.15 bits per heavy atom. The number of nitrogens with zero attached hydrogens (tertiary/aromatic N) is 3. The summed E-state index contributed by atoms with van der Waals surface area (Å²) in [5.41, 5.74) is 2.29. The van der Waals surface area contributed by atoms with Crippen LogP contribution in [0.5, 0.6) is 11.5 Å². The maximum atomic E-state index is 13.1. The van der Waals surface area contributed by atoms with Gasteiger partial charge >= 0.3 is 5.97 Å². The summed E-state index contributed by atoms with van der Waals surface area (Å²) in [4.78, 5) is 30.5. The number of carbonyl (C=O) groups is 2. The monoisotopic (exact) mass is 485 g/mol. The number of benzene rings is 1. The van der Waals surface area contributed by atoms with Crippen molar-refractivity contribution < 1.29 is 23.8 Å². The van der Waals surface area contributed by atoms with Crippen molar-refractivity contribution in [3.63, 3.8) is 0 Å². The summed E-state index contributed by atoms with van der Waals surface area (Å²) in [7, 11) is 3.14. The molecule has 1 aromatic carbocycles. The number of hydrogen-bond donors (Lipinski definition) is 0. The van der Waals surface area contributed by atoms with Gasteiger partial charge in [-0.25, -0.2) is 9.99 Å². The topological polar surface area (TPSA) is 90.3 Å². The first-order valence-electron chi connectivity index (χ1n) is 10.2. The van der Waals surface area contributed by atoms with Crippen LogP contribution >= 0.6 is 22.7 Å². The molecule has 0 aliphatic carbocycles. The SMILES string of the molecule is COc1ccc(C2CC(c3cccs3)=NN2C(=O)COC(=O)Cc2csc(C)n2)cc1OC. The molecule has 1 amide bonds. The Morgan fingerprint density at radius 3 is 2.64 bits per heavy atom. The molecule has 8 nitrogen and oxygen atoms in total. The lowest BCUT2D eigenvalue weighted by atomic mass is 10.0. The summed E-state index contributed by atoms with van der Waals surface area (Å²) in [6, 6.07) is 9.09. The zero-order valence-corrected chi connectivity index (χ0v) is 20.1. The standard InChI is InChI=1S/C23H23N3O5S2/c1-14-24-16(13-33-14)10-23(28)31-12-22(27)26-18(11-17(25-26)21-5-4-8-32-21)15-6-7-19(29-2)20(9-15)30-3/h4-9,13,18H,10-12H2,1-3H3. The zero-order valence-electron chi connectivity index (χ0n) is 18.4. The number of aryl methyl sites for hydroxylation is 1. The molecule has 4 rings (SSSR count). The zero-order chi connectivity index (χ0) is 23.4. The van der Waals surface area contributed by atoms with Crippen LogP contribution in [0.25, 0.3) is 0 Å². The van der Waals surface area contributed by atoms with Crippen LogP contribution in [0, 0.1) is 6.92 Å². The fraction of sp³-hybridized carbons (Fsp3) is 0.304. The van der Waals surface area contributed by atoms with Crippen LogP contribution in [0.15, 0.2) is 46.2 Å². The number of ether oxygens (including phenoxy) is 3. The van der Waals surface area contributed by atoms with Gasteiger partial charge in [0.25, 0.3) is 5.91 Å². The van der Waals surface area contributed by atoms with Crippen LogP contribution in [0.1, 0.15) is 33.6 Å². The second kappa shape index (κ2) is 10.1. The second-order valence-electron chi connectivity index (χ2n) is 7.29. The first kappa shape index (κ1) is 22.9. The molecule has 3 heterocycles. The van der Waals surface area contributed by atoms with E-state index in [1.807, 2.05) is 41.9 Å². The van der Waals surface area contributed by atoms with Gasteiger partial charge in [-0.2, -0.15) is 5.10 Å². The van der Waals surface area contributed by atoms with Crippen LogP contribution in [0.2, 0.25) is 0 Å². The van der Waals surface area contributed by atoms with Crippen LogP contribution in [-0.2, 0) is 20.7 Å². The minimum Gasteiger partial charge on any atom is -0.493 e. The van der Waals surface area contributed by atoms with E-state index in [0.717, 1.165) is 21.2 Å². The average Bonchev–Trinajstić information content (AvgIpc) is 3.58. The van der Waals surface area contributed by atoms with E-state index in [1.165, 1.54) is 16.3 Å². The quantitative estimate of drug-likeness (QED) is 0.448. The highest BCUT2D eigenvalue weighted by molar-refractivity contribution is 7.12. The number of thiophene rings is 1. The molecule has 1 atom stereocenters. The van der Waals surface area contributed by atoms with Crippen LogP contribution in [-0.4, -0.2) is 48.4 Å². The molecular formula is C23H23N3O5S2. The van der Waals surface area contributed by atoms with Gasteiger partial charge in [-0.3, -0.25) is 9.59 Å². The molecule has 2 aromatic heterocycles. The van der Waals surface area contributed by atoms with E-state index in [0.29, 0.717) is 23.6 Å². The molecule has 10 heteroatoms. The fourth-order valence-corrected chi connectivity index (χ4v) is 4.88. The first-order chi connectivity index (χ1) is 16.0. The number of thiazole rings is 1. The third-order valence-electron chi connectivity index (χ3n) is 5.11. The average molecular weight is 486 g/mol. The summed E-state index contributed by atoms with van der Waals surface area (Å²) in [6.07, 6.45) is 0.564. The van der Waals surface area contributed by atoms with E-state index in [9.17, 15) is 9.59 Å². The van der Waals surface area contributed by atoms with Crippen molar-refractivity contribution in [1.82, 2.24) is 9.99 Å². The van der Waals surface area contributed by atoms with Gasteiger partial charge in [0, 0.05) is 11.8 Å². The number of esters is 1. The molecule has 0 saturated carbocycles. The van der Waals surface area contributed by atoms with Crippen molar-refractivity contribution in [1.29, 1.82) is 0 Å². The molecule has 1 aliphatic heterocycles. The molecule has 1 unspecified atom stereocenters. The molecule has 1 aliphatic rings. The Hall–Kier alpha value is -3.24. The van der Waals surface area contributed by atoms with Gasteiger partial charge in [0.05, 0.1) is 48.0 Å². The number of hydrazone groups is 1. The maximum Gasteiger partial charge on any atom is 0.312 e. The van der Waals surface area contributed by atoms with Gasteiger partial charge in [-0.05, 0) is 36.1 Å². The van der Waals surface area contributed by atoms with E-state index in [2.05, 4.69) is 10.1 Å². The van der Waals surface area contributed by atoms with E-state index in [-0.39, 0.29) is 12.5 Å². The highest BCUT2D eigenvalue weighted by atomic mass is 32.1. The predicted molar refractivity (Wildman–Crippen MR) is 126 cm³/mol. The smallest absolute Gasteiger partial charge is 0.312 e. The summed E-state index contributed by atoms with van der Waals surface area (Å²) in [5.74, 6) is 0.266. The molecule has 33 heavy (non-hydrogen) atoms. The van der Waals surface area contributed by atoms with Crippen molar-refractivity contribution in [2.45, 2.75) is 25.8 Å². The summed E-state index contributed by atoms with van der Waals surface area (Å²) in [6.45, 7) is 1.47. The largest absolute Gasteiger partial charge is 0.493 e. The number of rotatable bonds is 8. The number of amides is 1. The normalized spacial score (nSPS) is 15.3. The Kier molecular flexibility index (Phi) is 7.05. The Bertz CT molecular complexity index is 1170. The fourth-order valence-electron chi connectivity index (χ4n) is 3.55. The molecule has 0 saturated heterocycles. The van der Waals surface area contributed by atoms with Crippen molar-refractivity contribution in [2.75, 3.05) is 20.8 Å². The summed E-state index contributed by atoms with van der Waals surface area (Å²) >= 11 is 3.03. The lowest BCUT2D eigenvalue weighted by Gasteiger charge is -2.22. The van der Waals surface area contributed by atoms with Crippen molar-refractivity contribution in [2.24, 2.45) is 5.10 Å². The Morgan fingerprint density at radius 2 is 1.97 bits per heavy atom. The van der Waals surface area contributed by atoms with Crippen molar-refractivity contribution in [3.05, 3.63) is 62.2 Å². The van der Waals surface area contributed by atoms with Gasteiger partial charge < -0.3 is 14.2 Å². The minimum atomic E-state index is -0.502. The summed E-state index contributed by atoms with van der Waals surface area (Å²) in [5, 5.41) is 10.6. The molecule has 0 N–H and O–H groups in total. The molecule has 172 valence electrons. The lowest BCUT2D eigenvalue weighted by molar-refractivity contribution is -0.152. The van der Waals surface area contributed by atoms with Crippen LogP contribution in [0.4, 0.5) is 0 Å². The third-order valence-corrected chi connectivity index (χ3v) is 6.85. The molecule has 0 bridgehead atoms. The number of carbonyl (C=O) groups excluding carboxylic acids is 2. The van der Waals surface area contributed by atoms with Gasteiger partial charge in [0.15, 0.2) is 18.1 Å². The van der Waals surface area contributed by atoms with Gasteiger partial charge in [0.1, 0.15) is 0 Å². The van der Waals surface area contributed by atoms with Gasteiger partial charge in [0.2, 0.25) is 0 Å². The number of methoxy groups -OCH3 is 2. The minimum absolute atomic E-state index is 0.0282. The van der Waals surface area contributed by atoms with Crippen molar-refractivity contribution in [3.8, 4) is 11.5 Å². The van der Waals surface area contributed by atoms with E-state index in [1.54, 1.807) is 31.6 Å². The van der Waals surface area contributed by atoms with Crippen molar-refractivity contribution >= 4 is 40.3 Å². The lowest BCUT2D eigenvalue weighted by Crippen LogP contribution is -2.31. The Labute approximate surface area is 199 Å². The highest BCUT2D eigenvalue weighted by Crippen LogP contribution is 2.37. The molecule has 0 spiro atoms. The van der Waals surface area contributed by atoms with Gasteiger partial charge in [-0.1, -0.05) is 12.1 Å². The number of hydrogen-bond acceptors (Lipinski definition) is 9. The van der Waals surface area contributed by atoms with Crippen LogP contribution in [0.3, 0.4) is 0 Å². The Balaban J connectivity index is 1.51. The van der Waals surface area contributed by atoms with Crippen LogP contribution < -0.4 is 9.47 Å². The molecule has 0 radical (unpaired) electrons. The maximum absolute atomic E-state index is 13.1. The van der Waals surface area contributed by atoms with E-state index in [4.69, 9.17) is 14.2 Å². The van der Waals surface area contributed by atoms with Gasteiger partial charge in [-0.15, -0.1) is 22.7 Å². The molecule has 0 fully saturated rings. The molecular weight excluding hydrogens is 462 g/mol.